The van der Waals surface area contributed by atoms with E-state index in [1.54, 1.807) is 30.5 Å². The van der Waals surface area contributed by atoms with E-state index in [4.69, 9.17) is 14.2 Å². The molecule has 0 unspecified atom stereocenters. The predicted octanol–water partition coefficient (Wildman–Crippen LogP) is 3.36. The van der Waals surface area contributed by atoms with Crippen LogP contribution in [0.4, 0.5) is 5.69 Å². The smallest absolute Gasteiger partial charge is 0.338 e. The molecule has 0 saturated carbocycles. The number of aromatic nitrogens is 1. The molecule has 3 heterocycles. The first kappa shape index (κ1) is 24.3. The van der Waals surface area contributed by atoms with Crippen LogP contribution in [0.25, 0.3) is 6.08 Å². The number of halogens is 1. The number of hydrogen-bond donors (Lipinski definition) is 0. The van der Waals surface area contributed by atoms with Crippen molar-refractivity contribution < 1.29 is 19.0 Å². The van der Waals surface area contributed by atoms with Crippen LogP contribution in [0.3, 0.4) is 0 Å². The number of benzene rings is 2. The Morgan fingerprint density at radius 2 is 2.03 bits per heavy atom. The fraction of sp³-hybridized carbons (Fsp3) is 0.269. The largest absolute Gasteiger partial charge is 0.463 e. The summed E-state index contributed by atoms with van der Waals surface area (Å²) in [4.78, 5) is 34.0. The van der Waals surface area contributed by atoms with Crippen LogP contribution >= 0.6 is 27.3 Å². The average molecular weight is 570 g/mol. The van der Waals surface area contributed by atoms with Gasteiger partial charge in [-0.1, -0.05) is 23.5 Å². The highest BCUT2D eigenvalue weighted by Crippen LogP contribution is 2.38. The van der Waals surface area contributed by atoms with Gasteiger partial charge in [-0.2, -0.15) is 0 Å². The lowest BCUT2D eigenvalue weighted by molar-refractivity contribution is -0.139. The molecule has 0 amide bonds. The van der Waals surface area contributed by atoms with Gasteiger partial charge in [0.1, 0.15) is 0 Å². The lowest BCUT2D eigenvalue weighted by Crippen LogP contribution is -2.39. The van der Waals surface area contributed by atoms with E-state index in [-0.39, 0.29) is 19.0 Å². The lowest BCUT2D eigenvalue weighted by Gasteiger charge is -2.24. The van der Waals surface area contributed by atoms with Crippen LogP contribution in [-0.2, 0) is 9.53 Å². The summed E-state index contributed by atoms with van der Waals surface area (Å²) >= 11 is 4.90. The summed E-state index contributed by atoms with van der Waals surface area (Å²) in [6, 6.07) is 10.6. The third-order valence-corrected chi connectivity index (χ3v) is 7.60. The van der Waals surface area contributed by atoms with Crippen LogP contribution in [0.15, 0.2) is 61.9 Å². The number of ether oxygens (including phenoxy) is 3. The summed E-state index contributed by atoms with van der Waals surface area (Å²) in [6.07, 6.45) is 1.84. The maximum absolute atomic E-state index is 13.8. The van der Waals surface area contributed by atoms with E-state index >= 15 is 0 Å². The zero-order valence-electron chi connectivity index (χ0n) is 20.2. The van der Waals surface area contributed by atoms with Crippen molar-refractivity contribution in [3.05, 3.63) is 83.0 Å². The minimum absolute atomic E-state index is 0.128. The molecule has 2 aliphatic heterocycles. The predicted molar refractivity (Wildman–Crippen MR) is 141 cm³/mol. The van der Waals surface area contributed by atoms with Gasteiger partial charge in [0.05, 0.1) is 34.1 Å². The zero-order chi connectivity index (χ0) is 25.6. The Balaban J connectivity index is 1.69. The lowest BCUT2D eigenvalue weighted by atomic mass is 9.95. The van der Waals surface area contributed by atoms with E-state index in [9.17, 15) is 9.59 Å². The first-order chi connectivity index (χ1) is 17.3. The van der Waals surface area contributed by atoms with Crippen molar-refractivity contribution in [1.82, 2.24) is 4.57 Å². The quantitative estimate of drug-likeness (QED) is 0.438. The van der Waals surface area contributed by atoms with Crippen LogP contribution in [0, 0.1) is 0 Å². The molecule has 0 spiro atoms. The maximum Gasteiger partial charge on any atom is 0.338 e. The summed E-state index contributed by atoms with van der Waals surface area (Å²) in [7, 11) is 3.94. The number of fused-ring (bicyclic) bond motifs is 2. The van der Waals surface area contributed by atoms with E-state index in [1.165, 1.54) is 11.3 Å². The van der Waals surface area contributed by atoms with Crippen molar-refractivity contribution in [3.63, 3.8) is 0 Å². The van der Waals surface area contributed by atoms with Crippen molar-refractivity contribution in [1.29, 1.82) is 0 Å². The van der Waals surface area contributed by atoms with Gasteiger partial charge in [-0.3, -0.25) is 9.36 Å². The van der Waals surface area contributed by atoms with Gasteiger partial charge in [-0.25, -0.2) is 9.79 Å². The first-order valence-electron chi connectivity index (χ1n) is 11.3. The van der Waals surface area contributed by atoms with Crippen molar-refractivity contribution in [2.45, 2.75) is 19.9 Å². The second kappa shape index (κ2) is 9.59. The van der Waals surface area contributed by atoms with Crippen molar-refractivity contribution in [3.8, 4) is 11.5 Å². The van der Waals surface area contributed by atoms with Crippen LogP contribution < -0.4 is 29.3 Å². The number of nitrogens with zero attached hydrogens (tertiary/aromatic N) is 3. The fourth-order valence-corrected chi connectivity index (χ4v) is 6.11. The number of hydrogen-bond acceptors (Lipinski definition) is 8. The molecule has 186 valence electrons. The molecule has 0 radical (unpaired) electrons. The van der Waals surface area contributed by atoms with Gasteiger partial charge >= 0.3 is 5.97 Å². The van der Waals surface area contributed by atoms with Gasteiger partial charge in [0.15, 0.2) is 16.3 Å². The topological polar surface area (TPSA) is 82.4 Å². The van der Waals surface area contributed by atoms with E-state index in [0.29, 0.717) is 37.7 Å². The van der Waals surface area contributed by atoms with Crippen LogP contribution in [0.5, 0.6) is 11.5 Å². The normalized spacial score (nSPS) is 16.6. The van der Waals surface area contributed by atoms with Gasteiger partial charge in [-0.15, -0.1) is 0 Å². The Kier molecular flexibility index (Phi) is 6.48. The van der Waals surface area contributed by atoms with Gasteiger partial charge in [0.25, 0.3) is 5.56 Å². The molecule has 3 aromatic rings. The molecule has 0 saturated heterocycles. The number of carbonyl (C=O) groups excluding carboxylic acids is 1. The van der Waals surface area contributed by atoms with Gasteiger partial charge < -0.3 is 19.1 Å². The molecule has 10 heteroatoms. The van der Waals surface area contributed by atoms with E-state index in [0.717, 1.165) is 15.7 Å². The third kappa shape index (κ3) is 4.24. The number of anilines is 1. The summed E-state index contributed by atoms with van der Waals surface area (Å²) in [5.74, 6) is 0.688. The molecule has 0 fully saturated rings. The van der Waals surface area contributed by atoms with E-state index in [1.807, 2.05) is 49.3 Å². The number of allylic oxidation sites excluding steroid dienone is 1. The summed E-state index contributed by atoms with van der Waals surface area (Å²) in [6.45, 7) is 3.85. The molecule has 5 rings (SSSR count). The number of rotatable bonds is 5. The van der Waals surface area contributed by atoms with Crippen molar-refractivity contribution in [2.75, 3.05) is 32.4 Å². The molecular weight excluding hydrogens is 546 g/mol. The average Bonchev–Trinajstić information content (AvgIpc) is 3.42. The summed E-state index contributed by atoms with van der Waals surface area (Å²) in [5.41, 5.74) is 3.23. The van der Waals surface area contributed by atoms with E-state index < -0.39 is 12.0 Å². The van der Waals surface area contributed by atoms with Gasteiger partial charge in [0, 0.05) is 18.6 Å². The highest BCUT2D eigenvalue weighted by atomic mass is 79.9. The number of carbonyl (C=O) groups is 1. The van der Waals surface area contributed by atoms with Crippen molar-refractivity contribution in [2.24, 2.45) is 4.99 Å². The van der Waals surface area contributed by atoms with E-state index in [2.05, 4.69) is 20.9 Å². The second-order valence-corrected chi connectivity index (χ2v) is 10.4. The first-order valence-corrected chi connectivity index (χ1v) is 13.0. The minimum Gasteiger partial charge on any atom is -0.463 e. The Hall–Kier alpha value is -3.37. The molecular formula is C26H24BrN3O5S. The SMILES string of the molecule is CCOC(=O)C1=C(C)N=c2s/c(=C\c3ccc(N(C)C)c(Br)c3)c(=O)n2[C@H]1c1ccc2c(c1)OCO2. The Labute approximate surface area is 219 Å². The maximum atomic E-state index is 13.8. The van der Waals surface area contributed by atoms with Crippen molar-refractivity contribution >= 4 is 45.0 Å². The highest BCUT2D eigenvalue weighted by molar-refractivity contribution is 9.10. The fourth-order valence-electron chi connectivity index (χ4n) is 4.32. The Bertz CT molecular complexity index is 1590. The molecule has 1 atom stereocenters. The molecule has 36 heavy (non-hydrogen) atoms. The standard InChI is InChI=1S/C26H24BrN3O5S/c1-5-33-25(32)22-14(2)28-26-30(23(22)16-7-9-19-20(12-16)35-13-34-19)24(31)21(36-26)11-15-6-8-18(29(3)4)17(27)10-15/h6-12,23H,5,13H2,1-4H3/b21-11-/t23-/m0/s1. The Morgan fingerprint density at radius 1 is 1.25 bits per heavy atom. The minimum atomic E-state index is -0.709. The molecule has 2 aliphatic rings. The molecule has 0 bridgehead atoms. The molecule has 8 nitrogen and oxygen atoms in total. The van der Waals surface area contributed by atoms with Crippen LogP contribution in [-0.4, -0.2) is 38.0 Å². The Morgan fingerprint density at radius 3 is 2.75 bits per heavy atom. The zero-order valence-corrected chi connectivity index (χ0v) is 22.6. The second-order valence-electron chi connectivity index (χ2n) is 8.52. The monoisotopic (exact) mass is 569 g/mol. The number of esters is 1. The molecule has 0 aliphatic carbocycles. The summed E-state index contributed by atoms with van der Waals surface area (Å²) in [5, 5.41) is 0. The third-order valence-electron chi connectivity index (χ3n) is 5.98. The van der Waals surface area contributed by atoms with Gasteiger partial charge in [-0.05, 0) is 71.2 Å². The highest BCUT2D eigenvalue weighted by Gasteiger charge is 2.34. The molecule has 0 N–H and O–H groups in total. The van der Waals surface area contributed by atoms with Gasteiger partial charge in [0.2, 0.25) is 6.79 Å². The summed E-state index contributed by atoms with van der Waals surface area (Å²) < 4.78 is 19.4. The van der Waals surface area contributed by atoms with Crippen LogP contribution in [0.1, 0.15) is 31.0 Å². The molecule has 2 aromatic carbocycles. The number of thiazole rings is 1. The molecule has 1 aromatic heterocycles. The van der Waals surface area contributed by atoms with Crippen LogP contribution in [0.2, 0.25) is 0 Å².